The molecule has 0 N–H and O–H groups in total. The lowest BCUT2D eigenvalue weighted by molar-refractivity contribution is 0.101. The van der Waals surface area contributed by atoms with Gasteiger partial charge in [0.1, 0.15) is 12.4 Å². The van der Waals surface area contributed by atoms with Crippen LogP contribution in [0.1, 0.15) is 34.0 Å². The Bertz CT molecular complexity index is 647. The van der Waals surface area contributed by atoms with E-state index in [4.69, 9.17) is 4.74 Å². The molecule has 0 aliphatic heterocycles. The summed E-state index contributed by atoms with van der Waals surface area (Å²) in [4.78, 5) is 11.7. The number of hydrogen-bond donors (Lipinski definition) is 0. The number of benzene rings is 2. The number of rotatable bonds is 4. The smallest absolute Gasteiger partial charge is 0.163 e. The van der Waals surface area contributed by atoms with Crippen molar-refractivity contribution in [1.29, 1.82) is 0 Å². The van der Waals surface area contributed by atoms with Crippen LogP contribution in [0.3, 0.4) is 0 Å². The normalized spacial score (nSPS) is 10.4. The molecule has 2 aromatic carbocycles. The average molecular weight is 333 g/mol. The van der Waals surface area contributed by atoms with Crippen LogP contribution in [-0.2, 0) is 6.61 Å². The molecule has 0 bridgehead atoms. The fraction of sp³-hybridized carbons (Fsp3) is 0.235. The molecule has 0 aliphatic rings. The number of ether oxygens (including phenoxy) is 1. The maximum absolute atomic E-state index is 11.7. The number of carbonyl (C=O) groups is 1. The molecule has 0 spiro atoms. The third-order valence-corrected chi connectivity index (χ3v) is 3.70. The van der Waals surface area contributed by atoms with E-state index in [0.29, 0.717) is 17.9 Å². The molecular weight excluding hydrogens is 316 g/mol. The second-order valence-electron chi connectivity index (χ2n) is 4.92. The van der Waals surface area contributed by atoms with E-state index in [1.165, 1.54) is 0 Å². The molecule has 2 nitrogen and oxygen atoms in total. The third-order valence-electron chi connectivity index (χ3n) is 3.20. The summed E-state index contributed by atoms with van der Waals surface area (Å²) in [6.45, 7) is 6.04. The van der Waals surface area contributed by atoms with Crippen LogP contribution in [0.5, 0.6) is 5.75 Å². The van der Waals surface area contributed by atoms with Gasteiger partial charge in [0, 0.05) is 4.47 Å². The first-order valence-electron chi connectivity index (χ1n) is 6.47. The highest BCUT2D eigenvalue weighted by Gasteiger charge is 2.09. The second-order valence-corrected chi connectivity index (χ2v) is 5.83. The van der Waals surface area contributed by atoms with E-state index in [1.54, 1.807) is 6.92 Å². The summed E-state index contributed by atoms with van der Waals surface area (Å²) in [5.74, 6) is 0.668. The summed E-state index contributed by atoms with van der Waals surface area (Å²) in [6.07, 6.45) is 0. The van der Waals surface area contributed by atoms with Crippen LogP contribution in [0.2, 0.25) is 0 Å². The minimum absolute atomic E-state index is 0.0243. The zero-order chi connectivity index (χ0) is 14.7. The fourth-order valence-corrected chi connectivity index (χ4v) is 2.50. The maximum Gasteiger partial charge on any atom is 0.163 e. The van der Waals surface area contributed by atoms with Gasteiger partial charge in [-0.25, -0.2) is 0 Å². The van der Waals surface area contributed by atoms with Gasteiger partial charge in [-0.2, -0.15) is 0 Å². The van der Waals surface area contributed by atoms with Crippen molar-refractivity contribution < 1.29 is 9.53 Å². The van der Waals surface area contributed by atoms with Crippen molar-refractivity contribution in [2.24, 2.45) is 0 Å². The number of carbonyl (C=O) groups excluding carboxylic acids is 1. The van der Waals surface area contributed by atoms with Crippen LogP contribution < -0.4 is 4.74 Å². The van der Waals surface area contributed by atoms with Gasteiger partial charge in [-0.1, -0.05) is 33.6 Å². The van der Waals surface area contributed by atoms with Crippen molar-refractivity contribution in [3.8, 4) is 5.75 Å². The van der Waals surface area contributed by atoms with E-state index < -0.39 is 0 Å². The first-order chi connectivity index (χ1) is 9.47. The fourth-order valence-electron chi connectivity index (χ4n) is 2.02. The Morgan fingerprint density at radius 3 is 2.55 bits per heavy atom. The Morgan fingerprint density at radius 2 is 1.90 bits per heavy atom. The van der Waals surface area contributed by atoms with E-state index in [0.717, 1.165) is 21.2 Å². The summed E-state index contributed by atoms with van der Waals surface area (Å²) >= 11 is 3.45. The van der Waals surface area contributed by atoms with Crippen LogP contribution in [-0.4, -0.2) is 5.78 Å². The predicted octanol–water partition coefficient (Wildman–Crippen LogP) is 4.85. The molecule has 104 valence electrons. The number of hydrogen-bond acceptors (Lipinski definition) is 2. The van der Waals surface area contributed by atoms with Gasteiger partial charge in [-0.05, 0) is 56.2 Å². The molecule has 0 fully saturated rings. The SMILES string of the molecule is CC(=O)c1cc(C)ccc1OCc1ccc(Br)cc1C. The van der Waals surface area contributed by atoms with Gasteiger partial charge in [0.2, 0.25) is 0 Å². The molecule has 0 saturated heterocycles. The Labute approximate surface area is 127 Å². The van der Waals surface area contributed by atoms with Crippen molar-refractivity contribution in [3.05, 3.63) is 63.1 Å². The average Bonchev–Trinajstić information content (AvgIpc) is 2.38. The third kappa shape index (κ3) is 3.48. The van der Waals surface area contributed by atoms with Crippen LogP contribution >= 0.6 is 15.9 Å². The molecule has 0 radical (unpaired) electrons. The molecule has 20 heavy (non-hydrogen) atoms. The Kier molecular flexibility index (Phi) is 4.61. The van der Waals surface area contributed by atoms with Crippen molar-refractivity contribution in [3.63, 3.8) is 0 Å². The minimum Gasteiger partial charge on any atom is -0.488 e. The molecule has 0 unspecified atom stereocenters. The lowest BCUT2D eigenvalue weighted by atomic mass is 10.1. The lowest BCUT2D eigenvalue weighted by Crippen LogP contribution is -2.03. The van der Waals surface area contributed by atoms with E-state index in [9.17, 15) is 4.79 Å². The van der Waals surface area contributed by atoms with Crippen LogP contribution in [0.15, 0.2) is 40.9 Å². The van der Waals surface area contributed by atoms with Crippen LogP contribution in [0, 0.1) is 13.8 Å². The standard InChI is InChI=1S/C17H17BrO2/c1-11-4-7-17(16(8-11)13(3)19)20-10-14-5-6-15(18)9-12(14)2/h4-9H,10H2,1-3H3. The summed E-state index contributed by atoms with van der Waals surface area (Å²) in [5, 5.41) is 0. The zero-order valence-electron chi connectivity index (χ0n) is 11.9. The first kappa shape index (κ1) is 14.8. The largest absolute Gasteiger partial charge is 0.488 e. The van der Waals surface area contributed by atoms with Gasteiger partial charge >= 0.3 is 0 Å². The molecule has 0 aliphatic carbocycles. The number of aryl methyl sites for hydroxylation is 2. The molecule has 0 saturated carbocycles. The highest BCUT2D eigenvalue weighted by molar-refractivity contribution is 9.10. The van der Waals surface area contributed by atoms with E-state index in [1.807, 2.05) is 44.2 Å². The van der Waals surface area contributed by atoms with Crippen LogP contribution in [0.25, 0.3) is 0 Å². The Balaban J connectivity index is 2.20. The lowest BCUT2D eigenvalue weighted by Gasteiger charge is -2.12. The second kappa shape index (κ2) is 6.23. The van der Waals surface area contributed by atoms with Gasteiger partial charge < -0.3 is 4.74 Å². The van der Waals surface area contributed by atoms with Crippen molar-refractivity contribution in [1.82, 2.24) is 0 Å². The van der Waals surface area contributed by atoms with Crippen molar-refractivity contribution in [2.45, 2.75) is 27.4 Å². The van der Waals surface area contributed by atoms with Gasteiger partial charge in [0.15, 0.2) is 5.78 Å². The maximum atomic E-state index is 11.7. The van der Waals surface area contributed by atoms with E-state index in [2.05, 4.69) is 22.0 Å². The zero-order valence-corrected chi connectivity index (χ0v) is 13.5. The highest BCUT2D eigenvalue weighted by atomic mass is 79.9. The van der Waals surface area contributed by atoms with Gasteiger partial charge in [0.25, 0.3) is 0 Å². The summed E-state index contributed by atoms with van der Waals surface area (Å²) in [5.41, 5.74) is 3.97. The first-order valence-corrected chi connectivity index (χ1v) is 7.26. The molecular formula is C17H17BrO2. The molecule has 0 atom stereocenters. The molecule has 3 heteroatoms. The van der Waals surface area contributed by atoms with Crippen molar-refractivity contribution >= 4 is 21.7 Å². The molecule has 0 aromatic heterocycles. The number of ketones is 1. The van der Waals surface area contributed by atoms with E-state index in [-0.39, 0.29) is 5.78 Å². The Hall–Kier alpha value is -1.61. The number of halogens is 1. The molecule has 2 aromatic rings. The highest BCUT2D eigenvalue weighted by Crippen LogP contribution is 2.23. The topological polar surface area (TPSA) is 26.3 Å². The summed E-state index contributed by atoms with van der Waals surface area (Å²) in [6, 6.07) is 11.8. The van der Waals surface area contributed by atoms with Crippen molar-refractivity contribution in [2.75, 3.05) is 0 Å². The predicted molar refractivity (Wildman–Crippen MR) is 84.4 cm³/mol. The van der Waals surface area contributed by atoms with Gasteiger partial charge in [-0.15, -0.1) is 0 Å². The summed E-state index contributed by atoms with van der Waals surface area (Å²) < 4.78 is 6.88. The Morgan fingerprint density at radius 1 is 1.15 bits per heavy atom. The molecule has 0 amide bonds. The van der Waals surface area contributed by atoms with Crippen LogP contribution in [0.4, 0.5) is 0 Å². The summed E-state index contributed by atoms with van der Waals surface area (Å²) in [7, 11) is 0. The molecule has 2 rings (SSSR count). The quantitative estimate of drug-likeness (QED) is 0.748. The van der Waals surface area contributed by atoms with Gasteiger partial charge in [-0.3, -0.25) is 4.79 Å². The monoisotopic (exact) mass is 332 g/mol. The van der Waals surface area contributed by atoms with E-state index >= 15 is 0 Å². The minimum atomic E-state index is 0.0243. The number of Topliss-reactive ketones (excluding diaryl/α,β-unsaturated/α-hetero) is 1. The molecule has 0 heterocycles. The van der Waals surface area contributed by atoms with Gasteiger partial charge in [0.05, 0.1) is 5.56 Å².